The van der Waals surface area contributed by atoms with Crippen LogP contribution in [0.3, 0.4) is 0 Å². The average Bonchev–Trinajstić information content (AvgIpc) is 2.65. The molecule has 0 atom stereocenters. The van der Waals surface area contributed by atoms with Gasteiger partial charge in [-0.15, -0.1) is 0 Å². The highest BCUT2D eigenvalue weighted by molar-refractivity contribution is 7.92. The molecule has 0 aromatic heterocycles. The highest BCUT2D eigenvalue weighted by Crippen LogP contribution is 2.31. The molecule has 0 amide bonds. The van der Waals surface area contributed by atoms with Gasteiger partial charge in [0.25, 0.3) is 10.0 Å². The number of carbonyl (C=O) groups is 1. The van der Waals surface area contributed by atoms with Gasteiger partial charge < -0.3 is 4.74 Å². The van der Waals surface area contributed by atoms with E-state index in [4.69, 9.17) is 4.74 Å². The summed E-state index contributed by atoms with van der Waals surface area (Å²) in [6.07, 6.45) is 0. The number of ether oxygens (including phenoxy) is 1. The van der Waals surface area contributed by atoms with Crippen molar-refractivity contribution in [2.75, 3.05) is 18.0 Å². The summed E-state index contributed by atoms with van der Waals surface area (Å²) in [5, 5.41) is 1.63. The minimum atomic E-state index is -3.94. The Balaban J connectivity index is 2.19. The van der Waals surface area contributed by atoms with Gasteiger partial charge in [-0.25, -0.2) is 8.42 Å². The lowest BCUT2D eigenvalue weighted by Gasteiger charge is -2.25. The van der Waals surface area contributed by atoms with E-state index in [-0.39, 0.29) is 4.90 Å². The lowest BCUT2D eigenvalue weighted by atomic mass is 10.1. The summed E-state index contributed by atoms with van der Waals surface area (Å²) in [6.45, 7) is 1.48. The van der Waals surface area contributed by atoms with Crippen LogP contribution in [0.1, 0.15) is 5.56 Å². The van der Waals surface area contributed by atoms with Gasteiger partial charge in [-0.3, -0.25) is 9.10 Å². The number of nitrogens with zero attached hydrogens (tertiary/aromatic N) is 1. The third-order valence-corrected chi connectivity index (χ3v) is 5.92. The number of fused-ring (bicyclic) bond motifs is 1. The Morgan fingerprint density at radius 3 is 2.31 bits per heavy atom. The van der Waals surface area contributed by atoms with Crippen LogP contribution in [0, 0.1) is 6.92 Å². The third kappa shape index (κ3) is 3.41. The van der Waals surface area contributed by atoms with E-state index >= 15 is 0 Å². The first-order valence-corrected chi connectivity index (χ1v) is 9.51. The summed E-state index contributed by atoms with van der Waals surface area (Å²) >= 11 is 0. The molecule has 0 bridgehead atoms. The lowest BCUT2D eigenvalue weighted by Crippen LogP contribution is -2.36. The predicted molar refractivity (Wildman–Crippen MR) is 102 cm³/mol. The molecule has 0 N–H and O–H groups in total. The van der Waals surface area contributed by atoms with E-state index < -0.39 is 22.5 Å². The fraction of sp³-hybridized carbons (Fsp3) is 0.150. The molecule has 26 heavy (non-hydrogen) atoms. The molecule has 3 aromatic carbocycles. The quantitative estimate of drug-likeness (QED) is 0.646. The molecule has 0 aliphatic rings. The average molecular weight is 369 g/mol. The zero-order valence-electron chi connectivity index (χ0n) is 14.5. The number of hydrogen-bond donors (Lipinski definition) is 0. The second-order valence-corrected chi connectivity index (χ2v) is 7.76. The van der Waals surface area contributed by atoms with E-state index in [1.807, 2.05) is 37.3 Å². The van der Waals surface area contributed by atoms with Crippen molar-refractivity contribution < 1.29 is 17.9 Å². The molecule has 0 aliphatic heterocycles. The van der Waals surface area contributed by atoms with Crippen LogP contribution in [0.25, 0.3) is 10.8 Å². The molecule has 6 heteroatoms. The van der Waals surface area contributed by atoms with Gasteiger partial charge in [0.05, 0.1) is 17.7 Å². The molecule has 0 heterocycles. The Bertz CT molecular complexity index is 1040. The Morgan fingerprint density at radius 1 is 0.962 bits per heavy atom. The summed E-state index contributed by atoms with van der Waals surface area (Å²) in [5.41, 5.74) is 1.39. The number of aryl methyl sites for hydroxylation is 1. The third-order valence-electron chi connectivity index (χ3n) is 4.14. The van der Waals surface area contributed by atoms with E-state index in [0.717, 1.165) is 20.6 Å². The topological polar surface area (TPSA) is 63.7 Å². The predicted octanol–water partition coefficient (Wildman–Crippen LogP) is 3.52. The first-order valence-electron chi connectivity index (χ1n) is 8.07. The fourth-order valence-electron chi connectivity index (χ4n) is 2.74. The Morgan fingerprint density at radius 2 is 1.62 bits per heavy atom. The summed E-state index contributed by atoms with van der Waals surface area (Å²) in [4.78, 5) is 12.1. The number of sulfonamides is 1. The number of carbonyl (C=O) groups excluding carboxylic acids is 1. The van der Waals surface area contributed by atoms with Crippen LogP contribution in [0.2, 0.25) is 0 Å². The molecule has 3 aromatic rings. The van der Waals surface area contributed by atoms with Gasteiger partial charge in [-0.05, 0) is 30.5 Å². The van der Waals surface area contributed by atoms with Gasteiger partial charge in [0.2, 0.25) is 0 Å². The molecule has 134 valence electrons. The molecule has 0 unspecified atom stereocenters. The van der Waals surface area contributed by atoms with Crippen LogP contribution in [0.4, 0.5) is 5.69 Å². The summed E-state index contributed by atoms with van der Waals surface area (Å²) in [5.74, 6) is -0.631. The molecular formula is C20H19NO4S. The van der Waals surface area contributed by atoms with E-state index in [1.165, 1.54) is 7.11 Å². The zero-order chi connectivity index (χ0) is 18.7. The van der Waals surface area contributed by atoms with Crippen molar-refractivity contribution in [2.45, 2.75) is 11.8 Å². The number of methoxy groups -OCH3 is 1. The second-order valence-electron chi connectivity index (χ2n) is 5.90. The van der Waals surface area contributed by atoms with Crippen molar-refractivity contribution in [3.63, 3.8) is 0 Å². The number of rotatable bonds is 5. The van der Waals surface area contributed by atoms with Crippen LogP contribution in [-0.4, -0.2) is 28.0 Å². The molecule has 0 fully saturated rings. The Hall–Kier alpha value is -2.86. The molecule has 3 rings (SSSR count). The van der Waals surface area contributed by atoms with E-state index in [2.05, 4.69) is 0 Å². The normalized spacial score (nSPS) is 11.3. The van der Waals surface area contributed by atoms with E-state index in [9.17, 15) is 13.2 Å². The number of esters is 1. The highest BCUT2D eigenvalue weighted by atomic mass is 32.2. The maximum Gasteiger partial charge on any atom is 0.326 e. The molecule has 0 radical (unpaired) electrons. The van der Waals surface area contributed by atoms with Gasteiger partial charge in [0, 0.05) is 5.39 Å². The van der Waals surface area contributed by atoms with Crippen molar-refractivity contribution in [2.24, 2.45) is 0 Å². The Kier molecular flexibility index (Phi) is 4.95. The van der Waals surface area contributed by atoms with Crippen molar-refractivity contribution in [3.05, 3.63) is 72.3 Å². The summed E-state index contributed by atoms with van der Waals surface area (Å²) in [6, 6.07) is 19.3. The molecule has 0 saturated carbocycles. The van der Waals surface area contributed by atoms with Gasteiger partial charge in [-0.1, -0.05) is 54.1 Å². The fourth-order valence-corrected chi connectivity index (χ4v) is 4.17. The minimum Gasteiger partial charge on any atom is -0.468 e. The number of benzene rings is 3. The smallest absolute Gasteiger partial charge is 0.326 e. The largest absolute Gasteiger partial charge is 0.468 e. The molecule has 0 aliphatic carbocycles. The Labute approximate surface area is 152 Å². The zero-order valence-corrected chi connectivity index (χ0v) is 15.4. The first kappa shape index (κ1) is 17.9. The molecule has 5 nitrogen and oxygen atoms in total. The van der Waals surface area contributed by atoms with Crippen LogP contribution in [-0.2, 0) is 19.6 Å². The van der Waals surface area contributed by atoms with Gasteiger partial charge in [-0.2, -0.15) is 0 Å². The maximum atomic E-state index is 13.3. The van der Waals surface area contributed by atoms with Gasteiger partial charge >= 0.3 is 5.97 Å². The van der Waals surface area contributed by atoms with E-state index in [1.54, 1.807) is 36.4 Å². The van der Waals surface area contributed by atoms with Crippen molar-refractivity contribution in [1.29, 1.82) is 0 Å². The number of hydrogen-bond acceptors (Lipinski definition) is 4. The number of anilines is 1. The monoisotopic (exact) mass is 369 g/mol. The standard InChI is InChI=1S/C20H19NO4S/c1-15-10-12-17(13-11-15)26(23,24)21(14-20(22)25-2)19-9-5-7-16-6-3-4-8-18(16)19/h3-13H,14H2,1-2H3. The molecule has 0 spiro atoms. The highest BCUT2D eigenvalue weighted by Gasteiger charge is 2.28. The van der Waals surface area contributed by atoms with Crippen LogP contribution >= 0.6 is 0 Å². The first-order chi connectivity index (χ1) is 12.4. The van der Waals surface area contributed by atoms with Crippen molar-refractivity contribution in [3.8, 4) is 0 Å². The van der Waals surface area contributed by atoms with Crippen LogP contribution < -0.4 is 4.31 Å². The van der Waals surface area contributed by atoms with Crippen LogP contribution in [0.15, 0.2) is 71.6 Å². The van der Waals surface area contributed by atoms with Crippen molar-refractivity contribution in [1.82, 2.24) is 0 Å². The van der Waals surface area contributed by atoms with Crippen molar-refractivity contribution >= 4 is 32.5 Å². The van der Waals surface area contributed by atoms with E-state index in [0.29, 0.717) is 5.69 Å². The van der Waals surface area contributed by atoms with Gasteiger partial charge in [0.1, 0.15) is 6.54 Å². The minimum absolute atomic E-state index is 0.125. The van der Waals surface area contributed by atoms with Gasteiger partial charge in [0.15, 0.2) is 0 Å². The second kappa shape index (κ2) is 7.17. The maximum absolute atomic E-state index is 13.3. The lowest BCUT2D eigenvalue weighted by molar-refractivity contribution is -0.138. The molecular weight excluding hydrogens is 350 g/mol. The molecule has 0 saturated heterocycles. The SMILES string of the molecule is COC(=O)CN(c1cccc2ccccc12)S(=O)(=O)c1ccc(C)cc1. The summed E-state index contributed by atoms with van der Waals surface area (Å²) < 4.78 is 32.3. The van der Waals surface area contributed by atoms with Crippen LogP contribution in [0.5, 0.6) is 0 Å². The summed E-state index contributed by atoms with van der Waals surface area (Å²) in [7, 11) is -2.70.